The quantitative estimate of drug-likeness (QED) is 0.290. The number of anilines is 2. The fourth-order valence-corrected chi connectivity index (χ4v) is 4.75. The summed E-state index contributed by atoms with van der Waals surface area (Å²) in [4.78, 5) is 4.89. The molecule has 2 aromatic rings. The molecule has 0 aromatic heterocycles. The minimum absolute atomic E-state index is 0.470. The van der Waals surface area contributed by atoms with Gasteiger partial charge in [0.05, 0.1) is 6.67 Å². The second-order valence-corrected chi connectivity index (χ2v) is 10.9. The van der Waals surface area contributed by atoms with E-state index in [0.29, 0.717) is 21.7 Å². The normalized spacial score (nSPS) is 15.3. The highest BCUT2D eigenvalue weighted by molar-refractivity contribution is 14.1. The zero-order valence-electron chi connectivity index (χ0n) is 18.9. The molecule has 2 nitrogen and oxygen atoms in total. The maximum Gasteiger partial charge on any atom is 0.0989 e. The Bertz CT molecular complexity index is 756. The van der Waals surface area contributed by atoms with Crippen LogP contribution in [0.15, 0.2) is 48.8 Å². The summed E-state index contributed by atoms with van der Waals surface area (Å²) in [6.07, 6.45) is 4.54. The van der Waals surface area contributed by atoms with Crippen LogP contribution >= 0.6 is 22.6 Å². The van der Waals surface area contributed by atoms with Crippen LogP contribution in [-0.4, -0.2) is 6.67 Å². The summed E-state index contributed by atoms with van der Waals surface area (Å²) in [5.41, 5.74) is 8.49. The zero-order valence-corrected chi connectivity index (χ0v) is 21.1. The molecule has 0 aliphatic carbocycles. The van der Waals surface area contributed by atoms with Crippen LogP contribution in [0.3, 0.4) is 0 Å². The SMILES string of the molecule is CC(C)c1cccc(C(C)C)c1N1C=CN(c2c(C(C)C)cccc2C(C)I)C1. The molecular weight excluding hydrogens is 467 g/mol. The van der Waals surface area contributed by atoms with Crippen LogP contribution in [0.25, 0.3) is 0 Å². The molecule has 156 valence electrons. The van der Waals surface area contributed by atoms with Gasteiger partial charge in [0.15, 0.2) is 0 Å². The Balaban J connectivity index is 2.05. The molecule has 0 amide bonds. The number of para-hydroxylation sites is 2. The first-order valence-electron chi connectivity index (χ1n) is 10.8. The highest BCUT2D eigenvalue weighted by Gasteiger charge is 2.26. The van der Waals surface area contributed by atoms with E-state index in [4.69, 9.17) is 0 Å². The van der Waals surface area contributed by atoms with E-state index in [1.54, 1.807) is 0 Å². The van der Waals surface area contributed by atoms with Crippen LogP contribution in [0.2, 0.25) is 0 Å². The third-order valence-corrected chi connectivity index (χ3v) is 6.47. The van der Waals surface area contributed by atoms with Crippen LogP contribution in [0.1, 0.15) is 92.4 Å². The number of halogens is 1. The average Bonchev–Trinajstić information content (AvgIpc) is 3.15. The Morgan fingerprint density at radius 1 is 0.621 bits per heavy atom. The largest absolute Gasteiger partial charge is 0.327 e. The van der Waals surface area contributed by atoms with Crippen molar-refractivity contribution in [2.45, 2.75) is 70.1 Å². The summed E-state index contributed by atoms with van der Waals surface area (Å²) in [6, 6.07) is 13.6. The summed E-state index contributed by atoms with van der Waals surface area (Å²) in [6.45, 7) is 16.9. The van der Waals surface area contributed by atoms with Crippen molar-refractivity contribution in [3.05, 3.63) is 71.1 Å². The van der Waals surface area contributed by atoms with Gasteiger partial charge < -0.3 is 9.80 Å². The van der Waals surface area contributed by atoms with E-state index in [2.05, 4.69) is 130 Å². The molecule has 1 heterocycles. The molecule has 0 spiro atoms. The van der Waals surface area contributed by atoms with Crippen LogP contribution in [0, 0.1) is 0 Å². The van der Waals surface area contributed by atoms with Gasteiger partial charge in [0.25, 0.3) is 0 Å². The molecule has 0 fully saturated rings. The van der Waals surface area contributed by atoms with E-state index in [0.717, 1.165) is 6.67 Å². The van der Waals surface area contributed by atoms with E-state index in [1.165, 1.54) is 33.6 Å². The van der Waals surface area contributed by atoms with Crippen molar-refractivity contribution in [2.24, 2.45) is 0 Å². The number of benzene rings is 2. The second kappa shape index (κ2) is 9.11. The monoisotopic (exact) mass is 502 g/mol. The maximum atomic E-state index is 2.54. The molecule has 0 saturated heterocycles. The first-order chi connectivity index (χ1) is 13.7. The molecular formula is C26H35IN2. The Morgan fingerprint density at radius 3 is 1.31 bits per heavy atom. The van der Waals surface area contributed by atoms with Crippen molar-refractivity contribution < 1.29 is 0 Å². The third kappa shape index (κ3) is 4.50. The second-order valence-electron chi connectivity index (χ2n) is 9.03. The molecule has 2 aromatic carbocycles. The number of alkyl halides is 1. The number of hydrogen-bond donors (Lipinski definition) is 0. The van der Waals surface area contributed by atoms with Gasteiger partial charge in [-0.3, -0.25) is 0 Å². The van der Waals surface area contributed by atoms with Gasteiger partial charge in [0.2, 0.25) is 0 Å². The topological polar surface area (TPSA) is 6.48 Å². The van der Waals surface area contributed by atoms with Gasteiger partial charge in [-0.1, -0.05) is 101 Å². The van der Waals surface area contributed by atoms with Crippen molar-refractivity contribution in [3.8, 4) is 0 Å². The van der Waals surface area contributed by atoms with Gasteiger partial charge >= 0.3 is 0 Å². The molecule has 3 rings (SSSR count). The summed E-state index contributed by atoms with van der Waals surface area (Å²) in [5.74, 6) is 1.50. The van der Waals surface area contributed by atoms with Crippen molar-refractivity contribution in [2.75, 3.05) is 16.5 Å². The fraction of sp³-hybridized carbons (Fsp3) is 0.462. The van der Waals surface area contributed by atoms with Crippen molar-refractivity contribution in [1.29, 1.82) is 0 Å². The minimum atomic E-state index is 0.470. The van der Waals surface area contributed by atoms with Crippen molar-refractivity contribution >= 4 is 34.0 Å². The Hall–Kier alpha value is -1.49. The smallest absolute Gasteiger partial charge is 0.0989 e. The Labute approximate surface area is 191 Å². The maximum absolute atomic E-state index is 2.54. The number of rotatable bonds is 6. The summed E-state index contributed by atoms with van der Waals surface area (Å²) >= 11 is 2.54. The lowest BCUT2D eigenvalue weighted by Gasteiger charge is -2.31. The fourth-order valence-electron chi connectivity index (χ4n) is 4.25. The zero-order chi connectivity index (χ0) is 21.3. The Kier molecular flexibility index (Phi) is 6.98. The predicted molar refractivity (Wildman–Crippen MR) is 137 cm³/mol. The minimum Gasteiger partial charge on any atom is -0.327 e. The van der Waals surface area contributed by atoms with E-state index >= 15 is 0 Å². The lowest BCUT2D eigenvalue weighted by molar-refractivity contribution is 0.812. The molecule has 29 heavy (non-hydrogen) atoms. The van der Waals surface area contributed by atoms with E-state index in [9.17, 15) is 0 Å². The van der Waals surface area contributed by atoms with Crippen LogP contribution < -0.4 is 9.80 Å². The van der Waals surface area contributed by atoms with Gasteiger partial charge in [0, 0.05) is 27.7 Å². The van der Waals surface area contributed by atoms with E-state index in [-0.39, 0.29) is 0 Å². The standard InChI is InChI=1S/C26H35IN2/c1-17(2)21-10-8-11-22(18(3)4)25(21)28-14-15-29(16-28)26-23(19(5)6)12-9-13-24(26)20(7)27/h8-15,17-20H,16H2,1-7H3. The van der Waals surface area contributed by atoms with E-state index < -0.39 is 0 Å². The van der Waals surface area contributed by atoms with Gasteiger partial charge in [-0.2, -0.15) is 0 Å². The highest BCUT2D eigenvalue weighted by atomic mass is 127. The lowest BCUT2D eigenvalue weighted by Crippen LogP contribution is -2.28. The summed E-state index contributed by atoms with van der Waals surface area (Å²) in [7, 11) is 0. The van der Waals surface area contributed by atoms with E-state index in [1.807, 2.05) is 0 Å². The predicted octanol–water partition coefficient (Wildman–Crippen LogP) is 8.31. The first-order valence-corrected chi connectivity index (χ1v) is 12.1. The molecule has 0 N–H and O–H groups in total. The van der Waals surface area contributed by atoms with Gasteiger partial charge in [0.1, 0.15) is 0 Å². The number of hydrogen-bond acceptors (Lipinski definition) is 2. The average molecular weight is 502 g/mol. The summed E-state index contributed by atoms with van der Waals surface area (Å²) in [5, 5.41) is 0. The lowest BCUT2D eigenvalue weighted by atomic mass is 9.92. The van der Waals surface area contributed by atoms with Crippen molar-refractivity contribution in [3.63, 3.8) is 0 Å². The third-order valence-electron chi connectivity index (χ3n) is 5.80. The van der Waals surface area contributed by atoms with Crippen LogP contribution in [-0.2, 0) is 0 Å². The van der Waals surface area contributed by atoms with Crippen molar-refractivity contribution in [1.82, 2.24) is 0 Å². The van der Waals surface area contributed by atoms with Gasteiger partial charge in [-0.15, -0.1) is 0 Å². The molecule has 3 heteroatoms. The highest BCUT2D eigenvalue weighted by Crippen LogP contribution is 2.41. The van der Waals surface area contributed by atoms with Gasteiger partial charge in [-0.05, 0) is 46.9 Å². The first kappa shape index (κ1) is 22.2. The van der Waals surface area contributed by atoms with Crippen LogP contribution in [0.4, 0.5) is 11.4 Å². The molecule has 0 saturated carbocycles. The van der Waals surface area contributed by atoms with Crippen LogP contribution in [0.5, 0.6) is 0 Å². The molecule has 1 aliphatic rings. The Morgan fingerprint density at radius 2 is 0.966 bits per heavy atom. The molecule has 1 unspecified atom stereocenters. The number of nitrogens with zero attached hydrogens (tertiary/aromatic N) is 2. The van der Waals surface area contributed by atoms with Gasteiger partial charge in [-0.25, -0.2) is 0 Å². The molecule has 0 bridgehead atoms. The molecule has 0 radical (unpaired) electrons. The molecule has 1 atom stereocenters. The molecule has 1 aliphatic heterocycles. The summed E-state index contributed by atoms with van der Waals surface area (Å²) < 4.78 is 0.470.